The molecule has 86 valence electrons. The van der Waals surface area contributed by atoms with Crippen molar-refractivity contribution < 1.29 is 18.5 Å². The Morgan fingerprint density at radius 2 is 2.19 bits per heavy atom. The lowest BCUT2D eigenvalue weighted by atomic mass is 10.0. The smallest absolute Gasteiger partial charge is 0.365 e. The van der Waals surface area contributed by atoms with Crippen LogP contribution in [-0.2, 0) is 0 Å². The summed E-state index contributed by atoms with van der Waals surface area (Å²) in [5.74, 6) is -1.80. The Bertz CT molecular complexity index is 462. The highest BCUT2D eigenvalue weighted by molar-refractivity contribution is 5.94. The minimum Gasteiger partial charge on any atom is -0.365 e. The number of carbonyl (C=O) groups is 1. The third kappa shape index (κ3) is 1.95. The number of halogens is 2. The van der Waals surface area contributed by atoms with Crippen LogP contribution >= 0.6 is 0 Å². The molecule has 0 bridgehead atoms. The summed E-state index contributed by atoms with van der Waals surface area (Å²) in [5, 5.41) is 10.5. The molecule has 0 saturated carbocycles. The fraction of sp³-hybridized carbons (Fsp3) is 0.250. The average Bonchev–Trinajstić information content (AvgIpc) is 2.15. The average molecular weight is 231 g/mol. The van der Waals surface area contributed by atoms with Gasteiger partial charge in [0.2, 0.25) is 0 Å². The summed E-state index contributed by atoms with van der Waals surface area (Å²) < 4.78 is 25.3. The third-order valence-electron chi connectivity index (χ3n) is 2.00. The van der Waals surface area contributed by atoms with Crippen molar-refractivity contribution >= 4 is 11.7 Å². The van der Waals surface area contributed by atoms with Crippen LogP contribution in [0.5, 0.6) is 0 Å². The largest absolute Gasteiger partial charge is 0.366 e. The molecule has 0 spiro atoms. The Hall–Kier alpha value is -2.12. The first-order chi connectivity index (χ1) is 7.36. The topological polar surface area (TPSA) is 99.1 Å². The predicted octanol–water partition coefficient (Wildman–Crippen LogP) is 1.33. The Balaban J connectivity index is 3.54. The van der Waals surface area contributed by atoms with Gasteiger partial charge in [-0.1, -0.05) is 0 Å². The van der Waals surface area contributed by atoms with Crippen molar-refractivity contribution in [2.24, 2.45) is 5.73 Å². The number of primary amides is 1. The third-order valence-corrected chi connectivity index (χ3v) is 2.00. The fourth-order valence-corrected chi connectivity index (χ4v) is 1.28. The molecule has 2 N–H and O–H groups in total. The van der Waals surface area contributed by atoms with Crippen molar-refractivity contribution in [2.75, 3.05) is 0 Å². The monoisotopic (exact) mass is 231 g/mol. The maximum absolute atomic E-state index is 12.6. The molecule has 1 rings (SSSR count). The van der Waals surface area contributed by atoms with Gasteiger partial charge in [-0.3, -0.25) is 4.79 Å². The number of nitrogens with two attached hydrogens (primary N) is 1. The molecule has 0 saturated heterocycles. The van der Waals surface area contributed by atoms with Crippen molar-refractivity contribution in [2.45, 2.75) is 13.3 Å². The molecule has 1 heterocycles. The standard InChI is InChI=1S/C8H7F2N3O3/c1-3-5(6(9)10)4(7(11)14)2-12-8(3)13(15)16/h2,6H,1H3,(H2,11,14). The number of amides is 1. The van der Waals surface area contributed by atoms with E-state index in [-0.39, 0.29) is 5.56 Å². The summed E-state index contributed by atoms with van der Waals surface area (Å²) in [7, 11) is 0. The first-order valence-corrected chi connectivity index (χ1v) is 4.08. The van der Waals surface area contributed by atoms with Crippen molar-refractivity contribution in [3.63, 3.8) is 0 Å². The maximum Gasteiger partial charge on any atom is 0.366 e. The van der Waals surface area contributed by atoms with Gasteiger partial charge in [-0.25, -0.2) is 8.78 Å². The minimum absolute atomic E-state index is 0.351. The molecule has 8 heteroatoms. The molecule has 1 aromatic heterocycles. The predicted molar refractivity (Wildman–Crippen MR) is 49.1 cm³/mol. The Morgan fingerprint density at radius 1 is 1.62 bits per heavy atom. The van der Waals surface area contributed by atoms with E-state index in [4.69, 9.17) is 5.73 Å². The molecular weight excluding hydrogens is 224 g/mol. The zero-order chi connectivity index (χ0) is 12.5. The summed E-state index contributed by atoms with van der Waals surface area (Å²) in [6.07, 6.45) is -2.33. The number of pyridine rings is 1. The number of hydrogen-bond acceptors (Lipinski definition) is 4. The lowest BCUT2D eigenvalue weighted by Crippen LogP contribution is -2.16. The molecule has 6 nitrogen and oxygen atoms in total. The van der Waals surface area contributed by atoms with Crippen LogP contribution in [0.4, 0.5) is 14.6 Å². The Labute approximate surface area is 88.2 Å². The van der Waals surface area contributed by atoms with E-state index < -0.39 is 34.2 Å². The van der Waals surface area contributed by atoms with Crippen molar-refractivity contribution in [1.82, 2.24) is 4.98 Å². The van der Waals surface area contributed by atoms with Crippen molar-refractivity contribution in [3.05, 3.63) is 33.0 Å². The van der Waals surface area contributed by atoms with Gasteiger partial charge in [-0.15, -0.1) is 0 Å². The highest BCUT2D eigenvalue weighted by Crippen LogP contribution is 2.30. The van der Waals surface area contributed by atoms with Crippen LogP contribution in [0.15, 0.2) is 6.20 Å². The lowest BCUT2D eigenvalue weighted by molar-refractivity contribution is -0.390. The number of hydrogen-bond donors (Lipinski definition) is 1. The molecule has 0 aliphatic heterocycles. The van der Waals surface area contributed by atoms with Gasteiger partial charge in [-0.05, 0) is 16.8 Å². The molecule has 1 amide bonds. The number of carbonyl (C=O) groups excluding carboxylic acids is 1. The molecule has 1 aromatic rings. The normalized spacial score (nSPS) is 10.5. The van der Waals surface area contributed by atoms with Crippen LogP contribution < -0.4 is 5.73 Å². The van der Waals surface area contributed by atoms with E-state index >= 15 is 0 Å². The summed E-state index contributed by atoms with van der Waals surface area (Å²) in [6, 6.07) is 0. The minimum atomic E-state index is -3.02. The second-order valence-electron chi connectivity index (χ2n) is 2.96. The summed E-state index contributed by atoms with van der Waals surface area (Å²) in [5.41, 5.74) is 3.27. The summed E-state index contributed by atoms with van der Waals surface area (Å²) >= 11 is 0. The van der Waals surface area contributed by atoms with Gasteiger partial charge in [0.15, 0.2) is 6.20 Å². The van der Waals surface area contributed by atoms with Crippen LogP contribution in [0, 0.1) is 17.0 Å². The Kier molecular flexibility index (Phi) is 3.11. The van der Waals surface area contributed by atoms with Crippen LogP contribution in [0.1, 0.15) is 27.9 Å². The molecular formula is C8H7F2N3O3. The fourth-order valence-electron chi connectivity index (χ4n) is 1.28. The quantitative estimate of drug-likeness (QED) is 0.626. The van der Waals surface area contributed by atoms with Gasteiger partial charge >= 0.3 is 5.82 Å². The van der Waals surface area contributed by atoms with E-state index in [1.165, 1.54) is 0 Å². The van der Waals surface area contributed by atoms with Gasteiger partial charge in [0.1, 0.15) is 0 Å². The Morgan fingerprint density at radius 3 is 2.56 bits per heavy atom. The molecule has 0 radical (unpaired) electrons. The van der Waals surface area contributed by atoms with Crippen LogP contribution in [0.2, 0.25) is 0 Å². The highest BCUT2D eigenvalue weighted by Gasteiger charge is 2.27. The zero-order valence-corrected chi connectivity index (χ0v) is 8.11. The molecule has 0 atom stereocenters. The van der Waals surface area contributed by atoms with E-state index in [2.05, 4.69) is 4.98 Å². The maximum atomic E-state index is 12.6. The second kappa shape index (κ2) is 4.17. The molecule has 0 aliphatic rings. The van der Waals surface area contributed by atoms with Gasteiger partial charge in [-0.2, -0.15) is 0 Å². The summed E-state index contributed by atoms with van der Waals surface area (Å²) in [4.78, 5) is 23.7. The molecule has 0 unspecified atom stereocenters. The van der Waals surface area contributed by atoms with Crippen LogP contribution in [0.3, 0.4) is 0 Å². The van der Waals surface area contributed by atoms with E-state index in [0.29, 0.717) is 6.20 Å². The number of aromatic nitrogens is 1. The van der Waals surface area contributed by atoms with Gasteiger partial charge in [0.05, 0.1) is 11.1 Å². The number of nitro groups is 1. The lowest BCUT2D eigenvalue weighted by Gasteiger charge is -2.07. The first-order valence-electron chi connectivity index (χ1n) is 4.08. The zero-order valence-electron chi connectivity index (χ0n) is 8.11. The highest BCUT2D eigenvalue weighted by atomic mass is 19.3. The molecule has 0 aromatic carbocycles. The molecule has 16 heavy (non-hydrogen) atoms. The van der Waals surface area contributed by atoms with Crippen molar-refractivity contribution in [1.29, 1.82) is 0 Å². The van der Waals surface area contributed by atoms with Gasteiger partial charge < -0.3 is 15.8 Å². The second-order valence-corrected chi connectivity index (χ2v) is 2.96. The molecule has 0 fully saturated rings. The number of rotatable bonds is 3. The SMILES string of the molecule is Cc1c([N+](=O)[O-])ncc(C(N)=O)c1C(F)F. The van der Waals surface area contributed by atoms with Crippen LogP contribution in [-0.4, -0.2) is 15.8 Å². The van der Waals surface area contributed by atoms with Crippen LogP contribution in [0.25, 0.3) is 0 Å². The van der Waals surface area contributed by atoms with Gasteiger partial charge in [0.25, 0.3) is 12.3 Å². The van der Waals surface area contributed by atoms with Gasteiger partial charge in [0, 0.05) is 5.56 Å². The van der Waals surface area contributed by atoms with Crippen molar-refractivity contribution in [3.8, 4) is 0 Å². The number of alkyl halides is 2. The van der Waals surface area contributed by atoms with E-state index in [9.17, 15) is 23.7 Å². The molecule has 0 aliphatic carbocycles. The summed E-state index contributed by atoms with van der Waals surface area (Å²) in [6.45, 7) is 1.10. The van der Waals surface area contributed by atoms with E-state index in [0.717, 1.165) is 6.92 Å². The number of nitrogens with zero attached hydrogens (tertiary/aromatic N) is 2. The van der Waals surface area contributed by atoms with E-state index in [1.807, 2.05) is 0 Å². The first kappa shape index (κ1) is 12.0. The van der Waals surface area contributed by atoms with E-state index in [1.54, 1.807) is 0 Å².